The van der Waals surface area contributed by atoms with Crippen LogP contribution >= 0.6 is 0 Å². The lowest BCUT2D eigenvalue weighted by atomic mass is 10.3. The van der Waals surface area contributed by atoms with Crippen LogP contribution in [0, 0.1) is 0 Å². The van der Waals surface area contributed by atoms with Gasteiger partial charge in [-0.25, -0.2) is 9.78 Å². The molecule has 0 spiro atoms. The van der Waals surface area contributed by atoms with Gasteiger partial charge < -0.3 is 4.74 Å². The van der Waals surface area contributed by atoms with Crippen molar-refractivity contribution in [3.8, 4) is 0 Å². The van der Waals surface area contributed by atoms with Gasteiger partial charge in [0.25, 0.3) is 10.1 Å². The number of carbonyl (C=O) groups is 1. The van der Waals surface area contributed by atoms with Gasteiger partial charge in [0.1, 0.15) is 18.5 Å². The molecule has 0 heterocycles. The lowest BCUT2D eigenvalue weighted by Gasteiger charge is -2.11. The van der Waals surface area contributed by atoms with E-state index in [0.29, 0.717) is 0 Å². The van der Waals surface area contributed by atoms with Crippen LogP contribution in [0.15, 0.2) is 12.7 Å². The van der Waals surface area contributed by atoms with Crippen molar-refractivity contribution in [2.75, 3.05) is 20.3 Å². The van der Waals surface area contributed by atoms with Crippen LogP contribution in [-0.4, -0.2) is 44.5 Å². The van der Waals surface area contributed by atoms with E-state index < -0.39 is 34.4 Å². The maximum Gasteiger partial charge on any atom is 0.307 e. The van der Waals surface area contributed by atoms with Crippen LogP contribution in [0.3, 0.4) is 0 Å². The number of rotatable bonds is 8. The molecule has 0 fully saturated rings. The van der Waals surface area contributed by atoms with E-state index in [-0.39, 0.29) is 6.61 Å². The largest absolute Gasteiger partial charge is 0.469 e. The van der Waals surface area contributed by atoms with Crippen molar-refractivity contribution in [2.24, 2.45) is 0 Å². The van der Waals surface area contributed by atoms with Gasteiger partial charge in [-0.15, -0.1) is 6.58 Å². The van der Waals surface area contributed by atoms with Crippen LogP contribution in [0.25, 0.3) is 0 Å². The molecule has 1 atom stereocenters. The monoisotopic (exact) mass is 254 g/mol. The molecule has 1 unspecified atom stereocenters. The Labute approximate surface area is 93.7 Å². The minimum atomic E-state index is -4.39. The van der Waals surface area contributed by atoms with E-state index in [0.717, 1.165) is 7.11 Å². The number of methoxy groups -OCH3 is 1. The summed E-state index contributed by atoms with van der Waals surface area (Å²) >= 11 is 0. The Morgan fingerprint density at radius 3 is 2.56 bits per heavy atom. The van der Waals surface area contributed by atoms with Gasteiger partial charge in [0, 0.05) is 0 Å². The van der Waals surface area contributed by atoms with Crippen LogP contribution in [0.2, 0.25) is 0 Å². The molecule has 0 saturated heterocycles. The van der Waals surface area contributed by atoms with Crippen molar-refractivity contribution in [2.45, 2.75) is 11.7 Å². The minimum absolute atomic E-state index is 0.0659. The highest BCUT2D eigenvalue weighted by Crippen LogP contribution is 2.06. The van der Waals surface area contributed by atoms with Gasteiger partial charge in [0.05, 0.1) is 13.5 Å². The van der Waals surface area contributed by atoms with Crippen molar-refractivity contribution >= 4 is 16.1 Å². The Balaban J connectivity index is 4.23. The van der Waals surface area contributed by atoms with Crippen LogP contribution in [0.4, 0.5) is 0 Å². The van der Waals surface area contributed by atoms with Gasteiger partial charge >= 0.3 is 5.97 Å². The molecule has 7 nitrogen and oxygen atoms in total. The molecule has 0 aliphatic carbocycles. The van der Waals surface area contributed by atoms with Crippen molar-refractivity contribution in [3.05, 3.63) is 12.7 Å². The number of hydrogen-bond acceptors (Lipinski definition) is 6. The maximum absolute atomic E-state index is 10.8. The summed E-state index contributed by atoms with van der Waals surface area (Å²) in [6.45, 7) is 2.94. The number of esters is 1. The standard InChI is InChI=1S/C8H14O7S/c1-3-4-14-15-6-7(16(10,11)12)5-8(9)13-2/h3,7H,1,4-6H2,2H3,(H,10,11,12). The van der Waals surface area contributed by atoms with Crippen LogP contribution < -0.4 is 0 Å². The van der Waals surface area contributed by atoms with Crippen molar-refractivity contribution in [1.29, 1.82) is 0 Å². The van der Waals surface area contributed by atoms with Crippen molar-refractivity contribution < 1.29 is 32.3 Å². The molecule has 0 aromatic heterocycles. The summed E-state index contributed by atoms with van der Waals surface area (Å²) in [4.78, 5) is 19.8. The summed E-state index contributed by atoms with van der Waals surface area (Å²) in [6.07, 6.45) is 0.884. The second-order valence-corrected chi connectivity index (χ2v) is 4.47. The fourth-order valence-electron chi connectivity index (χ4n) is 0.740. The summed E-state index contributed by atoms with van der Waals surface area (Å²) < 4.78 is 34.7. The van der Waals surface area contributed by atoms with Gasteiger partial charge in [0.2, 0.25) is 0 Å². The van der Waals surface area contributed by atoms with Crippen LogP contribution in [0.1, 0.15) is 6.42 Å². The molecule has 8 heteroatoms. The summed E-state index contributed by atoms with van der Waals surface area (Å²) in [5, 5.41) is -1.41. The Bertz CT molecular complexity index is 321. The third kappa shape index (κ3) is 6.51. The number of ether oxygens (including phenoxy) is 1. The zero-order valence-electron chi connectivity index (χ0n) is 8.79. The zero-order valence-corrected chi connectivity index (χ0v) is 9.60. The van der Waals surface area contributed by atoms with Gasteiger partial charge in [-0.3, -0.25) is 9.35 Å². The first kappa shape index (κ1) is 15.0. The highest BCUT2D eigenvalue weighted by molar-refractivity contribution is 7.86. The number of hydrogen-bond donors (Lipinski definition) is 1. The first-order chi connectivity index (χ1) is 7.41. The Morgan fingerprint density at radius 1 is 1.50 bits per heavy atom. The normalized spacial score (nSPS) is 13.1. The molecule has 94 valence electrons. The molecule has 0 amide bonds. The predicted molar refractivity (Wildman–Crippen MR) is 54.1 cm³/mol. The molecule has 0 bridgehead atoms. The van der Waals surface area contributed by atoms with E-state index in [1.54, 1.807) is 0 Å². The Morgan fingerprint density at radius 2 is 2.12 bits per heavy atom. The summed E-state index contributed by atoms with van der Waals surface area (Å²) in [5.74, 6) is -0.769. The lowest BCUT2D eigenvalue weighted by molar-refractivity contribution is -0.285. The smallest absolute Gasteiger partial charge is 0.307 e. The molecule has 16 heavy (non-hydrogen) atoms. The summed E-state index contributed by atoms with van der Waals surface area (Å²) in [7, 11) is -3.28. The second kappa shape index (κ2) is 7.34. The molecule has 0 aromatic rings. The van der Waals surface area contributed by atoms with Gasteiger partial charge in [-0.1, -0.05) is 6.08 Å². The fourth-order valence-corrected chi connectivity index (χ4v) is 1.31. The van der Waals surface area contributed by atoms with E-state index in [4.69, 9.17) is 4.55 Å². The third-order valence-corrected chi connectivity index (χ3v) is 2.71. The topological polar surface area (TPSA) is 99.1 Å². The molecular weight excluding hydrogens is 240 g/mol. The molecule has 0 radical (unpaired) electrons. The lowest BCUT2D eigenvalue weighted by Crippen LogP contribution is -2.29. The first-order valence-corrected chi connectivity index (χ1v) is 5.80. The van der Waals surface area contributed by atoms with E-state index in [1.807, 2.05) is 0 Å². The molecule has 0 aromatic carbocycles. The zero-order chi connectivity index (χ0) is 12.6. The highest BCUT2D eigenvalue weighted by atomic mass is 32.2. The quantitative estimate of drug-likeness (QED) is 0.162. The Hall–Kier alpha value is -0.960. The molecule has 0 saturated carbocycles. The third-order valence-electron chi connectivity index (χ3n) is 1.57. The second-order valence-electron chi connectivity index (χ2n) is 2.77. The van der Waals surface area contributed by atoms with Gasteiger partial charge in [-0.05, 0) is 0 Å². The average molecular weight is 254 g/mol. The fraction of sp³-hybridized carbons (Fsp3) is 0.625. The predicted octanol–water partition coefficient (Wildman–Crippen LogP) is -0.0599. The van der Waals surface area contributed by atoms with Crippen molar-refractivity contribution in [1.82, 2.24) is 0 Å². The van der Waals surface area contributed by atoms with Crippen LogP contribution in [-0.2, 0) is 29.4 Å². The van der Waals surface area contributed by atoms with Crippen molar-refractivity contribution in [3.63, 3.8) is 0 Å². The molecule has 0 aliphatic rings. The first-order valence-electron chi connectivity index (χ1n) is 4.30. The highest BCUT2D eigenvalue weighted by Gasteiger charge is 2.27. The molecular formula is C8H14O7S. The van der Waals surface area contributed by atoms with E-state index in [9.17, 15) is 13.2 Å². The van der Waals surface area contributed by atoms with Gasteiger partial charge in [-0.2, -0.15) is 8.42 Å². The summed E-state index contributed by atoms with van der Waals surface area (Å²) in [6, 6.07) is 0. The molecule has 0 aliphatic heterocycles. The van der Waals surface area contributed by atoms with E-state index >= 15 is 0 Å². The maximum atomic E-state index is 10.8. The summed E-state index contributed by atoms with van der Waals surface area (Å²) in [5.41, 5.74) is 0. The molecule has 1 N–H and O–H groups in total. The van der Waals surface area contributed by atoms with Crippen LogP contribution in [0.5, 0.6) is 0 Å². The average Bonchev–Trinajstić information content (AvgIpc) is 2.20. The minimum Gasteiger partial charge on any atom is -0.469 e. The van der Waals surface area contributed by atoms with E-state index in [1.165, 1.54) is 6.08 Å². The molecule has 0 rings (SSSR count). The Kier molecular flexibility index (Phi) is 6.90. The number of carbonyl (C=O) groups excluding carboxylic acids is 1. The van der Waals surface area contributed by atoms with Gasteiger partial charge in [0.15, 0.2) is 0 Å². The van der Waals surface area contributed by atoms with E-state index in [2.05, 4.69) is 21.1 Å². The SMILES string of the molecule is C=CCOOCC(CC(=O)OC)S(=O)(=O)O.